The fourth-order valence-electron chi connectivity index (χ4n) is 1.50. The maximum atomic E-state index is 12.0. The average molecular weight is 355 g/mol. The van der Waals surface area contributed by atoms with Crippen LogP contribution in [0, 0.1) is 5.92 Å². The number of carbonyl (C=O) groups excluding carboxylic acids is 2. The van der Waals surface area contributed by atoms with Crippen molar-refractivity contribution in [2.45, 2.75) is 19.4 Å². The van der Waals surface area contributed by atoms with Crippen molar-refractivity contribution in [3.05, 3.63) is 10.2 Å². The van der Waals surface area contributed by atoms with E-state index in [0.29, 0.717) is 19.2 Å². The van der Waals surface area contributed by atoms with Crippen LogP contribution in [0.4, 0.5) is 4.79 Å². The zero-order chi connectivity index (χ0) is 12.1. The number of halogens is 1. The number of allylic oxidation sites excluding steroid dienone is 1. The number of amides is 2. The number of cyclic esters (lactones) is 1. The summed E-state index contributed by atoms with van der Waals surface area (Å²) in [6, 6.07) is -0.129. The Balaban J connectivity index is 2.67. The number of carbonyl (C=O) groups is 2. The lowest BCUT2D eigenvalue weighted by Gasteiger charge is -2.21. The van der Waals surface area contributed by atoms with Gasteiger partial charge in [-0.2, -0.15) is 0 Å². The van der Waals surface area contributed by atoms with Crippen LogP contribution in [0.15, 0.2) is 10.2 Å². The summed E-state index contributed by atoms with van der Waals surface area (Å²) in [4.78, 5) is 24.7. The summed E-state index contributed by atoms with van der Waals surface area (Å²) in [5.74, 6) is -0.333. The summed E-state index contributed by atoms with van der Waals surface area (Å²) < 4.78 is 6.75. The summed E-state index contributed by atoms with van der Waals surface area (Å²) in [7, 11) is 2.54. The van der Waals surface area contributed by atoms with Crippen molar-refractivity contribution >= 4 is 43.8 Å². The second-order valence-electron chi connectivity index (χ2n) is 3.67. The van der Waals surface area contributed by atoms with E-state index in [2.05, 4.69) is 31.8 Å². The van der Waals surface area contributed by atoms with Gasteiger partial charge in [0.1, 0.15) is 6.61 Å². The maximum absolute atomic E-state index is 12.0. The highest BCUT2D eigenvalue weighted by atomic mass is 127. The van der Waals surface area contributed by atoms with E-state index >= 15 is 0 Å². The highest BCUT2D eigenvalue weighted by molar-refractivity contribution is 14.1. The Kier molecular flexibility index (Phi) is 5.69. The Morgan fingerprint density at radius 3 is 3.06 bits per heavy atom. The number of rotatable bonds is 4. The molecule has 16 heavy (non-hydrogen) atoms. The molecule has 2 amide bonds. The predicted octanol–water partition coefficient (Wildman–Crippen LogP) is 2.18. The molecule has 0 radical (unpaired) electrons. The van der Waals surface area contributed by atoms with Gasteiger partial charge < -0.3 is 4.74 Å². The molecule has 0 aromatic heterocycles. The standard InChI is InChI=1S/C10H15INO3P/c1-7(3-2-4-11)9(13)12-8(6-16)5-15-10(12)14/h2,4,7-8H,3,5-6,16H2,1H3/b4-2+/t7-,8-/m1/s1. The van der Waals surface area contributed by atoms with Crippen molar-refractivity contribution in [2.24, 2.45) is 5.92 Å². The third-order valence-electron chi connectivity index (χ3n) is 2.47. The Hall–Kier alpha value is -0.160. The van der Waals surface area contributed by atoms with Crippen LogP contribution in [-0.2, 0) is 9.53 Å². The molecule has 1 heterocycles. The smallest absolute Gasteiger partial charge is 0.416 e. The van der Waals surface area contributed by atoms with Crippen LogP contribution >= 0.6 is 31.8 Å². The third-order valence-corrected chi connectivity index (χ3v) is 3.52. The first-order valence-corrected chi connectivity index (χ1v) is 7.13. The number of hydrogen-bond acceptors (Lipinski definition) is 3. The van der Waals surface area contributed by atoms with E-state index in [4.69, 9.17) is 4.74 Å². The van der Waals surface area contributed by atoms with Crippen LogP contribution in [-0.4, -0.2) is 35.7 Å². The minimum absolute atomic E-state index is 0.129. The fourth-order valence-corrected chi connectivity index (χ4v) is 2.14. The Morgan fingerprint density at radius 2 is 2.50 bits per heavy atom. The Morgan fingerprint density at radius 1 is 1.81 bits per heavy atom. The number of ether oxygens (including phenoxy) is 1. The first-order chi connectivity index (χ1) is 7.61. The molecule has 0 bridgehead atoms. The predicted molar refractivity (Wildman–Crippen MR) is 73.5 cm³/mol. The van der Waals surface area contributed by atoms with Gasteiger partial charge in [-0.1, -0.05) is 35.6 Å². The van der Waals surface area contributed by atoms with Crippen molar-refractivity contribution in [2.75, 3.05) is 12.8 Å². The van der Waals surface area contributed by atoms with Gasteiger partial charge in [0.15, 0.2) is 0 Å². The van der Waals surface area contributed by atoms with Crippen molar-refractivity contribution in [1.82, 2.24) is 4.90 Å². The van der Waals surface area contributed by atoms with Gasteiger partial charge in [-0.25, -0.2) is 9.69 Å². The van der Waals surface area contributed by atoms with Crippen molar-refractivity contribution in [3.63, 3.8) is 0 Å². The molecule has 0 aromatic rings. The minimum Gasteiger partial charge on any atom is -0.447 e. The van der Waals surface area contributed by atoms with Gasteiger partial charge in [0.25, 0.3) is 0 Å². The first kappa shape index (κ1) is 13.9. The van der Waals surface area contributed by atoms with E-state index in [1.165, 1.54) is 4.90 Å². The molecule has 0 saturated carbocycles. The van der Waals surface area contributed by atoms with Gasteiger partial charge in [0.05, 0.1) is 6.04 Å². The van der Waals surface area contributed by atoms with Gasteiger partial charge in [0, 0.05) is 5.92 Å². The van der Waals surface area contributed by atoms with Crippen molar-refractivity contribution in [3.8, 4) is 0 Å². The average Bonchev–Trinajstić information content (AvgIpc) is 2.66. The van der Waals surface area contributed by atoms with Crippen LogP contribution in [0.25, 0.3) is 0 Å². The topological polar surface area (TPSA) is 46.6 Å². The minimum atomic E-state index is -0.511. The normalized spacial score (nSPS) is 22.6. The van der Waals surface area contributed by atoms with Gasteiger partial charge in [-0.3, -0.25) is 4.79 Å². The molecular formula is C10H15INO3P. The van der Waals surface area contributed by atoms with Crippen LogP contribution in [0.2, 0.25) is 0 Å². The van der Waals surface area contributed by atoms with Crippen LogP contribution in [0.1, 0.15) is 13.3 Å². The van der Waals surface area contributed by atoms with Crippen LogP contribution in [0.5, 0.6) is 0 Å². The molecular weight excluding hydrogens is 340 g/mol. The Bertz CT molecular complexity index is 308. The summed E-state index contributed by atoms with van der Waals surface area (Å²) >= 11 is 2.11. The molecule has 0 aromatic carbocycles. The SMILES string of the molecule is C[C@H](C/C=C/I)C(=O)N1C(=O)OC[C@@H]1CP. The van der Waals surface area contributed by atoms with Gasteiger partial charge in [-0.05, 0) is 16.7 Å². The quantitative estimate of drug-likeness (QED) is 0.574. The van der Waals surface area contributed by atoms with E-state index in [-0.39, 0.29) is 17.9 Å². The van der Waals surface area contributed by atoms with Gasteiger partial charge >= 0.3 is 6.09 Å². The molecule has 0 N–H and O–H groups in total. The molecule has 0 spiro atoms. The fraction of sp³-hybridized carbons (Fsp3) is 0.600. The number of nitrogens with zero attached hydrogens (tertiary/aromatic N) is 1. The highest BCUT2D eigenvalue weighted by Crippen LogP contribution is 2.19. The molecule has 0 aliphatic carbocycles. The first-order valence-electron chi connectivity index (χ1n) is 5.07. The van der Waals surface area contributed by atoms with E-state index in [1.807, 2.05) is 17.1 Å². The lowest BCUT2D eigenvalue weighted by Crippen LogP contribution is -2.42. The highest BCUT2D eigenvalue weighted by Gasteiger charge is 2.38. The molecule has 1 aliphatic heterocycles. The zero-order valence-electron chi connectivity index (χ0n) is 9.06. The molecule has 6 heteroatoms. The molecule has 1 rings (SSSR count). The lowest BCUT2D eigenvalue weighted by molar-refractivity contribution is -0.132. The third kappa shape index (κ3) is 3.17. The summed E-state index contributed by atoms with van der Waals surface area (Å²) in [6.07, 6.45) is 2.71. The molecule has 3 atom stereocenters. The van der Waals surface area contributed by atoms with Crippen molar-refractivity contribution in [1.29, 1.82) is 0 Å². The molecule has 1 aliphatic rings. The zero-order valence-corrected chi connectivity index (χ0v) is 12.4. The summed E-state index contributed by atoms with van der Waals surface area (Å²) in [6.45, 7) is 2.13. The van der Waals surface area contributed by atoms with E-state index in [1.54, 1.807) is 0 Å². The molecule has 4 nitrogen and oxygen atoms in total. The number of imide groups is 1. The largest absolute Gasteiger partial charge is 0.447 e. The molecule has 90 valence electrons. The Labute approximate surface area is 111 Å². The van der Waals surface area contributed by atoms with Crippen molar-refractivity contribution < 1.29 is 14.3 Å². The molecule has 1 saturated heterocycles. The van der Waals surface area contributed by atoms with Crippen LogP contribution < -0.4 is 0 Å². The second-order valence-corrected chi connectivity index (χ2v) is 4.86. The number of hydrogen-bond donors (Lipinski definition) is 0. The van der Waals surface area contributed by atoms with E-state index in [0.717, 1.165) is 0 Å². The van der Waals surface area contributed by atoms with Crippen LogP contribution in [0.3, 0.4) is 0 Å². The van der Waals surface area contributed by atoms with E-state index < -0.39 is 6.09 Å². The summed E-state index contributed by atoms with van der Waals surface area (Å²) in [5.41, 5.74) is 0. The lowest BCUT2D eigenvalue weighted by atomic mass is 10.1. The summed E-state index contributed by atoms with van der Waals surface area (Å²) in [5, 5.41) is 0. The maximum Gasteiger partial charge on any atom is 0.416 e. The second kappa shape index (κ2) is 6.55. The van der Waals surface area contributed by atoms with Gasteiger partial charge in [-0.15, -0.1) is 9.24 Å². The molecule has 1 unspecified atom stereocenters. The molecule has 1 fully saturated rings. The van der Waals surface area contributed by atoms with Gasteiger partial charge in [0.2, 0.25) is 5.91 Å². The monoisotopic (exact) mass is 355 g/mol. The van der Waals surface area contributed by atoms with E-state index in [9.17, 15) is 9.59 Å².